The Morgan fingerprint density at radius 3 is 2.61 bits per heavy atom. The molecular weight excluding hydrogens is 265 g/mol. The molecule has 1 amide bonds. The molecule has 1 fully saturated rings. The third kappa shape index (κ3) is 4.15. The van der Waals surface area contributed by atoms with E-state index in [0.29, 0.717) is 0 Å². The zero-order valence-electron chi connectivity index (χ0n) is 10.2. The van der Waals surface area contributed by atoms with Crippen molar-refractivity contribution in [2.45, 2.75) is 26.4 Å². The standard InChI is InChI=1S/C9H18NO7P/c1-9(2)5-16-18(14,15)17-7(9)8(13)10-4-3-6(11)12/h7,14-15,18H,3-5H2,1-2H3,(H,10,13)(H,11,12)/t7-/m0/s1. The van der Waals surface area contributed by atoms with Gasteiger partial charge in [-0.1, -0.05) is 0 Å². The first kappa shape index (κ1) is 15.3. The van der Waals surface area contributed by atoms with Crippen LogP contribution in [0.15, 0.2) is 0 Å². The molecule has 9 heteroatoms. The van der Waals surface area contributed by atoms with Crippen molar-refractivity contribution in [3.63, 3.8) is 0 Å². The van der Waals surface area contributed by atoms with E-state index in [0.717, 1.165) is 0 Å². The summed E-state index contributed by atoms with van der Waals surface area (Å²) in [5.41, 5.74) is -0.727. The van der Waals surface area contributed by atoms with Crippen LogP contribution in [0.3, 0.4) is 0 Å². The molecule has 1 atom stereocenters. The van der Waals surface area contributed by atoms with Gasteiger partial charge in [0.15, 0.2) is 0 Å². The molecule has 106 valence electrons. The number of hydrogen-bond donors (Lipinski definition) is 4. The van der Waals surface area contributed by atoms with Gasteiger partial charge in [-0.15, -0.1) is 0 Å². The van der Waals surface area contributed by atoms with Crippen LogP contribution in [-0.4, -0.2) is 46.0 Å². The molecule has 0 aromatic rings. The van der Waals surface area contributed by atoms with Crippen molar-refractivity contribution in [1.29, 1.82) is 0 Å². The van der Waals surface area contributed by atoms with Crippen molar-refractivity contribution in [3.8, 4) is 0 Å². The van der Waals surface area contributed by atoms with Crippen LogP contribution in [0.5, 0.6) is 0 Å². The Labute approximate surface area is 105 Å². The number of carbonyl (C=O) groups is 2. The summed E-state index contributed by atoms with van der Waals surface area (Å²) in [5, 5.41) is 10.8. The van der Waals surface area contributed by atoms with Crippen LogP contribution in [0.25, 0.3) is 0 Å². The van der Waals surface area contributed by atoms with Gasteiger partial charge in [-0.05, 0) is 0 Å². The van der Waals surface area contributed by atoms with E-state index >= 15 is 0 Å². The van der Waals surface area contributed by atoms with Gasteiger partial charge < -0.3 is 0 Å². The van der Waals surface area contributed by atoms with Crippen LogP contribution < -0.4 is 5.32 Å². The Morgan fingerprint density at radius 1 is 1.44 bits per heavy atom. The molecule has 0 spiro atoms. The molecule has 0 bridgehead atoms. The first-order valence-corrected chi connectivity index (χ1v) is 7.11. The van der Waals surface area contributed by atoms with Crippen LogP contribution in [0, 0.1) is 5.41 Å². The first-order chi connectivity index (χ1) is 8.14. The summed E-state index contributed by atoms with van der Waals surface area (Å²) in [7, 11) is -4.24. The molecule has 0 aromatic carbocycles. The molecule has 0 aliphatic carbocycles. The number of carboxylic acids is 1. The van der Waals surface area contributed by atoms with E-state index in [1.54, 1.807) is 13.8 Å². The molecule has 4 N–H and O–H groups in total. The molecular formula is C9H18NO7P. The van der Waals surface area contributed by atoms with Gasteiger partial charge in [0.1, 0.15) is 0 Å². The van der Waals surface area contributed by atoms with E-state index in [4.69, 9.17) is 14.2 Å². The average Bonchev–Trinajstić information content (AvgIpc) is 2.21. The normalized spacial score (nSPS) is 27.2. The maximum absolute atomic E-state index is 11.8. The fourth-order valence-corrected chi connectivity index (χ4v) is 2.86. The number of nitrogens with one attached hydrogen (secondary N) is 1. The van der Waals surface area contributed by atoms with Crippen LogP contribution in [-0.2, 0) is 18.6 Å². The Hall–Kier alpha value is -0.790. The minimum absolute atomic E-state index is 0.0246. The molecule has 1 saturated heterocycles. The number of carboxylic acid groups (broad SMARTS) is 1. The zero-order chi connectivity index (χ0) is 14.0. The molecule has 1 rings (SSSR count). The monoisotopic (exact) mass is 283 g/mol. The van der Waals surface area contributed by atoms with E-state index in [9.17, 15) is 19.4 Å². The van der Waals surface area contributed by atoms with Crippen LogP contribution in [0.4, 0.5) is 0 Å². The summed E-state index contributed by atoms with van der Waals surface area (Å²) in [6.07, 6.45) is -1.29. The third-order valence-electron chi connectivity index (χ3n) is 2.49. The summed E-state index contributed by atoms with van der Waals surface area (Å²) >= 11 is 0. The van der Waals surface area contributed by atoms with Crippen molar-refractivity contribution in [3.05, 3.63) is 0 Å². The van der Waals surface area contributed by atoms with Gasteiger partial charge in [0.05, 0.1) is 0 Å². The summed E-state index contributed by atoms with van der Waals surface area (Å²) in [4.78, 5) is 40.7. The number of rotatable bonds is 4. The first-order valence-electron chi connectivity index (χ1n) is 5.40. The van der Waals surface area contributed by atoms with E-state index in [1.165, 1.54) is 0 Å². The molecule has 18 heavy (non-hydrogen) atoms. The molecule has 8 nitrogen and oxygen atoms in total. The van der Waals surface area contributed by atoms with Gasteiger partial charge in [-0.3, -0.25) is 0 Å². The molecule has 1 aliphatic heterocycles. The maximum atomic E-state index is 11.8. The number of aliphatic carboxylic acids is 1. The molecule has 0 unspecified atom stereocenters. The van der Waals surface area contributed by atoms with Crippen molar-refractivity contribution >= 4 is 20.0 Å². The van der Waals surface area contributed by atoms with Gasteiger partial charge in [-0.2, -0.15) is 0 Å². The Kier molecular flexibility index (Phi) is 4.63. The van der Waals surface area contributed by atoms with Crippen molar-refractivity contribution in [1.82, 2.24) is 5.32 Å². The van der Waals surface area contributed by atoms with Crippen molar-refractivity contribution < 1.29 is 33.5 Å². The zero-order valence-corrected chi connectivity index (χ0v) is 11.2. The van der Waals surface area contributed by atoms with Crippen LogP contribution in [0.2, 0.25) is 0 Å². The average molecular weight is 283 g/mol. The topological polar surface area (TPSA) is 125 Å². The van der Waals surface area contributed by atoms with Crippen molar-refractivity contribution in [2.75, 3.05) is 13.2 Å². The van der Waals surface area contributed by atoms with Crippen LogP contribution in [0.1, 0.15) is 20.3 Å². The second-order valence-electron chi connectivity index (χ2n) is 4.76. The van der Waals surface area contributed by atoms with Crippen molar-refractivity contribution in [2.24, 2.45) is 5.41 Å². The van der Waals surface area contributed by atoms with Gasteiger partial charge in [0.2, 0.25) is 0 Å². The predicted octanol–water partition coefficient (Wildman–Crippen LogP) is -0.587. The second kappa shape index (κ2) is 5.46. The summed E-state index contributed by atoms with van der Waals surface area (Å²) in [6.45, 7) is 3.29. The summed E-state index contributed by atoms with van der Waals surface area (Å²) < 4.78 is 9.63. The third-order valence-corrected chi connectivity index (χ3v) is 3.55. The Balaban J connectivity index is 2.60. The fraction of sp³-hybridized carbons (Fsp3) is 0.778. The van der Waals surface area contributed by atoms with Gasteiger partial charge in [0.25, 0.3) is 0 Å². The molecule has 0 aromatic heterocycles. The Bertz CT molecular complexity index is 344. The molecule has 1 aliphatic rings. The fourth-order valence-electron chi connectivity index (χ4n) is 1.50. The van der Waals surface area contributed by atoms with E-state index in [2.05, 4.69) is 5.32 Å². The van der Waals surface area contributed by atoms with E-state index in [-0.39, 0.29) is 19.6 Å². The van der Waals surface area contributed by atoms with E-state index < -0.39 is 31.6 Å². The minimum atomic E-state index is -4.24. The molecule has 1 heterocycles. The number of hydrogen-bond acceptors (Lipinski definition) is 6. The second-order valence-corrected chi connectivity index (χ2v) is 6.38. The predicted molar refractivity (Wildman–Crippen MR) is 62.6 cm³/mol. The summed E-state index contributed by atoms with van der Waals surface area (Å²) in [5.74, 6) is -1.61. The number of carbonyl (C=O) groups excluding carboxylic acids is 1. The SMILES string of the molecule is CC1(C)CO[PH](O)(O)O[C@H]1C(=O)NCCC(=O)O. The van der Waals surface area contributed by atoms with Crippen LogP contribution >= 0.6 is 8.17 Å². The van der Waals surface area contributed by atoms with Gasteiger partial charge >= 0.3 is 104 Å². The molecule has 0 radical (unpaired) electrons. The van der Waals surface area contributed by atoms with E-state index in [1.807, 2.05) is 0 Å². The van der Waals surface area contributed by atoms with Gasteiger partial charge in [-0.25, -0.2) is 0 Å². The van der Waals surface area contributed by atoms with Gasteiger partial charge in [0, 0.05) is 0 Å². The summed E-state index contributed by atoms with van der Waals surface area (Å²) in [6, 6.07) is 0. The molecule has 0 saturated carbocycles. The Morgan fingerprint density at radius 2 is 2.06 bits per heavy atom. The quantitative estimate of drug-likeness (QED) is 0.508. The number of amides is 1.